The zero-order chi connectivity index (χ0) is 13.5. The van der Waals surface area contributed by atoms with Gasteiger partial charge in [-0.25, -0.2) is 0 Å². The van der Waals surface area contributed by atoms with Crippen molar-refractivity contribution in [3.63, 3.8) is 0 Å². The molecule has 0 aliphatic heterocycles. The van der Waals surface area contributed by atoms with Crippen LogP contribution in [0.2, 0.25) is 0 Å². The number of rotatable bonds is 7. The van der Waals surface area contributed by atoms with Gasteiger partial charge in [0.05, 0.1) is 0 Å². The second kappa shape index (κ2) is 7.99. The van der Waals surface area contributed by atoms with E-state index in [4.69, 9.17) is 0 Å². The van der Waals surface area contributed by atoms with Gasteiger partial charge in [0.15, 0.2) is 0 Å². The van der Waals surface area contributed by atoms with Crippen LogP contribution in [0, 0.1) is 29.6 Å². The predicted octanol–water partition coefficient (Wildman–Crippen LogP) is 4.50. The fourth-order valence-electron chi connectivity index (χ4n) is 3.30. The second-order valence-electron chi connectivity index (χ2n) is 6.91. The van der Waals surface area contributed by atoms with E-state index in [9.17, 15) is 0 Å². The lowest BCUT2D eigenvalue weighted by molar-refractivity contribution is 0.146. The minimum Gasteiger partial charge on any atom is -0.316 e. The Morgan fingerprint density at radius 2 is 1.89 bits per heavy atom. The van der Waals surface area contributed by atoms with Crippen LogP contribution in [0.5, 0.6) is 0 Å². The van der Waals surface area contributed by atoms with Gasteiger partial charge >= 0.3 is 0 Å². The van der Waals surface area contributed by atoms with Gasteiger partial charge in [-0.2, -0.15) is 0 Å². The predicted molar refractivity (Wildman–Crippen MR) is 81.7 cm³/mol. The van der Waals surface area contributed by atoms with Crippen molar-refractivity contribution in [3.8, 4) is 0 Å². The number of hydrogen-bond donors (Lipinski definition) is 1. The highest BCUT2D eigenvalue weighted by Gasteiger charge is 2.30. The van der Waals surface area contributed by atoms with Crippen LogP contribution in [0.15, 0.2) is 12.7 Å². The molecule has 3 unspecified atom stereocenters. The minimum absolute atomic E-state index is 0.759. The molecule has 1 nitrogen and oxygen atoms in total. The van der Waals surface area contributed by atoms with Gasteiger partial charge in [0.1, 0.15) is 0 Å². The van der Waals surface area contributed by atoms with E-state index in [0.29, 0.717) is 0 Å². The summed E-state index contributed by atoms with van der Waals surface area (Å²) in [6, 6.07) is 0. The van der Waals surface area contributed by atoms with Crippen LogP contribution in [-0.2, 0) is 0 Å². The number of allylic oxidation sites excluding steroid dienone is 1. The van der Waals surface area contributed by atoms with E-state index in [1.807, 2.05) is 0 Å². The molecule has 1 rings (SSSR count). The van der Waals surface area contributed by atoms with E-state index in [-0.39, 0.29) is 0 Å². The molecule has 1 saturated carbocycles. The standard InChI is InChI=1S/C17H33N/c1-6-7-16-10-15(14(4)5)8-9-17(16)12-18-11-13(2)3/h6,13-18H,1,7-12H2,2-5H3. The quantitative estimate of drug-likeness (QED) is 0.657. The summed E-state index contributed by atoms with van der Waals surface area (Å²) in [5.74, 6) is 4.29. The summed E-state index contributed by atoms with van der Waals surface area (Å²) in [5.41, 5.74) is 0. The normalized spacial score (nSPS) is 28.9. The van der Waals surface area contributed by atoms with E-state index >= 15 is 0 Å². The van der Waals surface area contributed by atoms with Crippen molar-refractivity contribution in [3.05, 3.63) is 12.7 Å². The summed E-state index contributed by atoms with van der Waals surface area (Å²) in [5, 5.41) is 3.65. The van der Waals surface area contributed by atoms with E-state index in [1.165, 1.54) is 32.2 Å². The molecule has 1 N–H and O–H groups in total. The molecule has 0 bridgehead atoms. The Kier molecular flexibility index (Phi) is 6.99. The van der Waals surface area contributed by atoms with Crippen molar-refractivity contribution in [1.29, 1.82) is 0 Å². The van der Waals surface area contributed by atoms with Gasteiger partial charge < -0.3 is 5.32 Å². The van der Waals surface area contributed by atoms with Gasteiger partial charge in [0, 0.05) is 0 Å². The molecule has 0 spiro atoms. The van der Waals surface area contributed by atoms with E-state index < -0.39 is 0 Å². The molecule has 3 atom stereocenters. The van der Waals surface area contributed by atoms with Crippen LogP contribution in [-0.4, -0.2) is 13.1 Å². The first-order valence-corrected chi connectivity index (χ1v) is 7.86. The van der Waals surface area contributed by atoms with Gasteiger partial charge in [0.2, 0.25) is 0 Å². The SMILES string of the molecule is C=CCC1CC(C(C)C)CCC1CNCC(C)C. The molecule has 0 saturated heterocycles. The van der Waals surface area contributed by atoms with Crippen LogP contribution >= 0.6 is 0 Å². The first kappa shape index (κ1) is 15.8. The lowest BCUT2D eigenvalue weighted by Crippen LogP contribution is -2.35. The van der Waals surface area contributed by atoms with Gasteiger partial charge in [-0.1, -0.05) is 33.8 Å². The van der Waals surface area contributed by atoms with Crippen molar-refractivity contribution in [2.45, 2.75) is 53.4 Å². The first-order chi connectivity index (χ1) is 8.54. The summed E-state index contributed by atoms with van der Waals surface area (Å²) in [6.45, 7) is 15.6. The molecule has 106 valence electrons. The number of hydrogen-bond acceptors (Lipinski definition) is 1. The third-order valence-corrected chi connectivity index (χ3v) is 4.55. The Balaban J connectivity index is 2.43. The average molecular weight is 251 g/mol. The molecule has 18 heavy (non-hydrogen) atoms. The molecule has 0 aromatic rings. The fourth-order valence-corrected chi connectivity index (χ4v) is 3.30. The van der Waals surface area contributed by atoms with Crippen molar-refractivity contribution < 1.29 is 0 Å². The maximum Gasteiger partial charge on any atom is -0.00176 e. The monoisotopic (exact) mass is 251 g/mol. The third-order valence-electron chi connectivity index (χ3n) is 4.55. The summed E-state index contributed by atoms with van der Waals surface area (Å²) < 4.78 is 0. The van der Waals surface area contributed by atoms with Crippen molar-refractivity contribution >= 4 is 0 Å². The Hall–Kier alpha value is -0.300. The van der Waals surface area contributed by atoms with Crippen LogP contribution in [0.4, 0.5) is 0 Å². The second-order valence-corrected chi connectivity index (χ2v) is 6.91. The summed E-state index contributed by atoms with van der Waals surface area (Å²) >= 11 is 0. The first-order valence-electron chi connectivity index (χ1n) is 7.86. The highest BCUT2D eigenvalue weighted by atomic mass is 14.9. The zero-order valence-corrected chi connectivity index (χ0v) is 12.9. The van der Waals surface area contributed by atoms with Crippen molar-refractivity contribution in [2.75, 3.05) is 13.1 Å². The molecule has 0 aromatic heterocycles. The van der Waals surface area contributed by atoms with E-state index in [1.54, 1.807) is 0 Å². The molecule has 0 heterocycles. The lowest BCUT2D eigenvalue weighted by Gasteiger charge is -2.38. The molecule has 1 heteroatoms. The zero-order valence-electron chi connectivity index (χ0n) is 12.9. The van der Waals surface area contributed by atoms with Gasteiger partial charge in [-0.3, -0.25) is 0 Å². The smallest absolute Gasteiger partial charge is 0.00176 e. The van der Waals surface area contributed by atoms with Gasteiger partial charge in [0.25, 0.3) is 0 Å². The largest absolute Gasteiger partial charge is 0.316 e. The molecule has 1 fully saturated rings. The summed E-state index contributed by atoms with van der Waals surface area (Å²) in [7, 11) is 0. The van der Waals surface area contributed by atoms with Crippen molar-refractivity contribution in [1.82, 2.24) is 5.32 Å². The molecule has 0 aromatic carbocycles. The van der Waals surface area contributed by atoms with Crippen LogP contribution in [0.3, 0.4) is 0 Å². The van der Waals surface area contributed by atoms with Crippen molar-refractivity contribution in [2.24, 2.45) is 29.6 Å². The third kappa shape index (κ3) is 5.14. The van der Waals surface area contributed by atoms with Crippen LogP contribution in [0.1, 0.15) is 53.4 Å². The molecular formula is C17H33N. The van der Waals surface area contributed by atoms with Crippen LogP contribution < -0.4 is 5.32 Å². The van der Waals surface area contributed by atoms with Gasteiger partial charge in [-0.05, 0) is 68.4 Å². The van der Waals surface area contributed by atoms with Gasteiger partial charge in [-0.15, -0.1) is 6.58 Å². The Morgan fingerprint density at radius 1 is 1.17 bits per heavy atom. The van der Waals surface area contributed by atoms with E-state index in [0.717, 1.165) is 36.1 Å². The Morgan fingerprint density at radius 3 is 2.44 bits per heavy atom. The topological polar surface area (TPSA) is 12.0 Å². The minimum atomic E-state index is 0.759. The maximum atomic E-state index is 3.95. The Labute approximate surface area is 114 Å². The number of nitrogens with one attached hydrogen (secondary N) is 1. The molecular weight excluding hydrogens is 218 g/mol. The average Bonchev–Trinajstić information content (AvgIpc) is 2.30. The summed E-state index contributed by atoms with van der Waals surface area (Å²) in [4.78, 5) is 0. The fraction of sp³-hybridized carbons (Fsp3) is 0.882. The highest BCUT2D eigenvalue weighted by molar-refractivity contribution is 4.86. The molecule has 1 aliphatic carbocycles. The molecule has 0 amide bonds. The Bertz CT molecular complexity index is 230. The maximum absolute atomic E-state index is 3.95. The summed E-state index contributed by atoms with van der Waals surface area (Å²) in [6.07, 6.45) is 7.59. The molecule has 0 radical (unpaired) electrons. The van der Waals surface area contributed by atoms with Crippen LogP contribution in [0.25, 0.3) is 0 Å². The van der Waals surface area contributed by atoms with E-state index in [2.05, 4.69) is 45.7 Å². The molecule has 1 aliphatic rings. The highest BCUT2D eigenvalue weighted by Crippen LogP contribution is 2.39. The lowest BCUT2D eigenvalue weighted by atomic mass is 9.69.